The van der Waals surface area contributed by atoms with Crippen LogP contribution in [-0.4, -0.2) is 91.2 Å². The van der Waals surface area contributed by atoms with Crippen LogP contribution in [0.25, 0.3) is 0 Å². The third-order valence-electron chi connectivity index (χ3n) is 8.80. The van der Waals surface area contributed by atoms with Gasteiger partial charge in [0.05, 0.1) is 12.1 Å². The molecule has 1 aliphatic heterocycles. The average Bonchev–Trinajstić information content (AvgIpc) is 3.10. The second kappa shape index (κ2) is 20.4. The molecule has 0 aliphatic carbocycles. The molecule has 1 aliphatic rings. The van der Waals surface area contributed by atoms with Gasteiger partial charge in [0, 0.05) is 19.5 Å². The van der Waals surface area contributed by atoms with Crippen LogP contribution in [-0.2, 0) is 36.8 Å². The number of nitrogens with two attached hydrogens (primary N) is 2. The average molecular weight is 678 g/mol. The molecule has 49 heavy (non-hydrogen) atoms. The zero-order valence-corrected chi connectivity index (χ0v) is 29.0. The Morgan fingerprint density at radius 1 is 0.837 bits per heavy atom. The van der Waals surface area contributed by atoms with Crippen molar-refractivity contribution < 1.29 is 24.0 Å². The Bertz CT molecular complexity index is 1330. The maximum Gasteiger partial charge on any atom is 0.245 e. The molecule has 268 valence electrons. The first-order chi connectivity index (χ1) is 23.5. The van der Waals surface area contributed by atoms with Crippen LogP contribution in [0.1, 0.15) is 63.5 Å². The highest BCUT2D eigenvalue weighted by molar-refractivity contribution is 5.94. The number of rotatable bonds is 20. The number of aldehydes is 1. The molecule has 0 spiro atoms. The highest BCUT2D eigenvalue weighted by Crippen LogP contribution is 2.19. The molecule has 4 amide bonds. The van der Waals surface area contributed by atoms with Crippen LogP contribution in [0, 0.1) is 5.92 Å². The number of benzene rings is 2. The van der Waals surface area contributed by atoms with E-state index in [1.165, 1.54) is 0 Å². The van der Waals surface area contributed by atoms with Crippen LogP contribution in [0.15, 0.2) is 60.7 Å². The molecule has 2 unspecified atom stereocenters. The first-order valence-electron chi connectivity index (χ1n) is 17.5. The van der Waals surface area contributed by atoms with Crippen LogP contribution >= 0.6 is 0 Å². The Morgan fingerprint density at radius 2 is 1.43 bits per heavy atom. The smallest absolute Gasteiger partial charge is 0.245 e. The number of hydrogen-bond donors (Lipinski definition) is 6. The van der Waals surface area contributed by atoms with E-state index in [4.69, 9.17) is 11.5 Å². The van der Waals surface area contributed by atoms with Crippen LogP contribution in [0.3, 0.4) is 0 Å². The van der Waals surface area contributed by atoms with E-state index in [0.29, 0.717) is 64.7 Å². The molecule has 8 N–H and O–H groups in total. The number of carbonyl (C=O) groups is 5. The van der Waals surface area contributed by atoms with Gasteiger partial charge in [-0.05, 0) is 75.1 Å². The lowest BCUT2D eigenvalue weighted by Crippen LogP contribution is -2.59. The largest absolute Gasteiger partial charge is 0.343 e. The van der Waals surface area contributed by atoms with Gasteiger partial charge in [-0.15, -0.1) is 0 Å². The number of nitrogens with zero attached hydrogens (tertiary/aromatic N) is 1. The van der Waals surface area contributed by atoms with Gasteiger partial charge < -0.3 is 42.4 Å². The third-order valence-corrected chi connectivity index (χ3v) is 8.80. The molecule has 2 aromatic carbocycles. The SMILES string of the molecule is CC(C)C[C@@H](NC(=O)C(Cc1ccccc1)NC(=O)CNCCc1ccccc1)C(=O)NC(CCCCN)C(=O)N1CCC(N)(C=O)CC1. The second-order valence-electron chi connectivity index (χ2n) is 13.4. The second-order valence-corrected chi connectivity index (χ2v) is 13.4. The summed E-state index contributed by atoms with van der Waals surface area (Å²) < 4.78 is 0. The zero-order chi connectivity index (χ0) is 35.6. The van der Waals surface area contributed by atoms with Crippen molar-refractivity contribution in [3.05, 3.63) is 71.8 Å². The predicted octanol–water partition coefficient (Wildman–Crippen LogP) is 1.21. The molecule has 12 heteroatoms. The number of carbonyl (C=O) groups excluding carboxylic acids is 5. The van der Waals surface area contributed by atoms with Crippen LogP contribution in [0.5, 0.6) is 0 Å². The molecule has 1 fully saturated rings. The number of amides is 4. The zero-order valence-electron chi connectivity index (χ0n) is 29.0. The number of nitrogens with one attached hydrogen (secondary N) is 4. The molecule has 0 radical (unpaired) electrons. The van der Waals surface area contributed by atoms with Gasteiger partial charge in [0.15, 0.2) is 0 Å². The van der Waals surface area contributed by atoms with Crippen LogP contribution in [0.4, 0.5) is 0 Å². The normalized spacial score (nSPS) is 15.9. The Hall–Kier alpha value is -4.13. The molecule has 0 saturated carbocycles. The lowest BCUT2D eigenvalue weighted by atomic mass is 9.90. The maximum atomic E-state index is 13.8. The van der Waals surface area contributed by atoms with Crippen molar-refractivity contribution in [3.8, 4) is 0 Å². The van der Waals surface area contributed by atoms with Crippen molar-refractivity contribution in [1.82, 2.24) is 26.2 Å². The molecule has 0 aromatic heterocycles. The van der Waals surface area contributed by atoms with Crippen molar-refractivity contribution in [1.29, 1.82) is 0 Å². The van der Waals surface area contributed by atoms with Gasteiger partial charge in [-0.2, -0.15) is 0 Å². The van der Waals surface area contributed by atoms with E-state index >= 15 is 0 Å². The van der Waals surface area contributed by atoms with E-state index in [0.717, 1.165) is 23.8 Å². The highest BCUT2D eigenvalue weighted by Gasteiger charge is 2.36. The molecule has 3 atom stereocenters. The topological polar surface area (TPSA) is 189 Å². The van der Waals surface area contributed by atoms with E-state index in [1.807, 2.05) is 74.5 Å². The minimum Gasteiger partial charge on any atom is -0.343 e. The van der Waals surface area contributed by atoms with E-state index in [-0.39, 0.29) is 30.7 Å². The van der Waals surface area contributed by atoms with E-state index in [2.05, 4.69) is 21.3 Å². The lowest BCUT2D eigenvalue weighted by Gasteiger charge is -2.37. The Kier molecular flexibility index (Phi) is 16.4. The molecule has 1 heterocycles. The highest BCUT2D eigenvalue weighted by atomic mass is 16.2. The minimum atomic E-state index is -0.953. The summed E-state index contributed by atoms with van der Waals surface area (Å²) in [4.78, 5) is 67.3. The summed E-state index contributed by atoms with van der Waals surface area (Å²) in [6, 6.07) is 16.6. The summed E-state index contributed by atoms with van der Waals surface area (Å²) in [5.41, 5.74) is 12.9. The maximum absolute atomic E-state index is 13.8. The fourth-order valence-electron chi connectivity index (χ4n) is 5.86. The van der Waals surface area contributed by atoms with E-state index < -0.39 is 35.5 Å². The van der Waals surface area contributed by atoms with E-state index in [9.17, 15) is 24.0 Å². The molecular weight excluding hydrogens is 622 g/mol. The predicted molar refractivity (Wildman–Crippen MR) is 190 cm³/mol. The fourth-order valence-corrected chi connectivity index (χ4v) is 5.86. The van der Waals surface area contributed by atoms with Crippen LogP contribution < -0.4 is 32.7 Å². The summed E-state index contributed by atoms with van der Waals surface area (Å²) in [5.74, 6) is -1.50. The quantitative estimate of drug-likeness (QED) is 0.0891. The number of likely N-dealkylation sites (tertiary alicyclic amines) is 1. The Labute approximate surface area is 290 Å². The van der Waals surface area contributed by atoms with Gasteiger partial charge in [-0.25, -0.2) is 0 Å². The minimum absolute atomic E-state index is 0.0303. The van der Waals surface area contributed by atoms with Gasteiger partial charge in [-0.1, -0.05) is 74.5 Å². The van der Waals surface area contributed by atoms with Gasteiger partial charge in [0.1, 0.15) is 24.4 Å². The Morgan fingerprint density at radius 3 is 2.02 bits per heavy atom. The van der Waals surface area contributed by atoms with Crippen molar-refractivity contribution in [3.63, 3.8) is 0 Å². The molecule has 12 nitrogen and oxygen atoms in total. The van der Waals surface area contributed by atoms with Crippen LogP contribution in [0.2, 0.25) is 0 Å². The van der Waals surface area contributed by atoms with Gasteiger partial charge in [-0.3, -0.25) is 19.2 Å². The van der Waals surface area contributed by atoms with Gasteiger partial charge in [0.2, 0.25) is 23.6 Å². The first-order valence-corrected chi connectivity index (χ1v) is 17.5. The summed E-state index contributed by atoms with van der Waals surface area (Å²) in [6.07, 6.45) is 4.44. The summed E-state index contributed by atoms with van der Waals surface area (Å²) in [7, 11) is 0. The Balaban J connectivity index is 1.69. The fraction of sp³-hybridized carbons (Fsp3) is 0.541. The summed E-state index contributed by atoms with van der Waals surface area (Å²) >= 11 is 0. The summed E-state index contributed by atoms with van der Waals surface area (Å²) in [5, 5.41) is 11.8. The number of hydrogen-bond acceptors (Lipinski definition) is 8. The van der Waals surface area contributed by atoms with Crippen molar-refractivity contribution >= 4 is 29.9 Å². The standard InChI is InChI=1S/C37H55N7O5/c1-27(2)23-31(34(47)42-30(15-9-10-19-38)36(49)44-21-17-37(39,26-45)18-22-44)43-35(48)32(24-29-13-7-4-8-14-29)41-33(46)25-40-20-16-28-11-5-3-6-12-28/h3-8,11-14,26-27,30-32,40H,9-10,15-25,38-39H2,1-2H3,(H,41,46)(H,42,47)(H,43,48)/t30?,31-,32?/m1/s1. The van der Waals surface area contributed by atoms with Crippen molar-refractivity contribution in [2.24, 2.45) is 17.4 Å². The monoisotopic (exact) mass is 677 g/mol. The summed E-state index contributed by atoms with van der Waals surface area (Å²) in [6.45, 7) is 5.59. The van der Waals surface area contributed by atoms with Crippen molar-refractivity contribution in [2.45, 2.75) is 88.9 Å². The number of piperidine rings is 1. The molecule has 0 bridgehead atoms. The molecule has 3 rings (SSSR count). The molecule has 1 saturated heterocycles. The third kappa shape index (κ3) is 13.7. The van der Waals surface area contributed by atoms with E-state index in [1.54, 1.807) is 4.90 Å². The number of unbranched alkanes of at least 4 members (excludes halogenated alkanes) is 1. The lowest BCUT2D eigenvalue weighted by molar-refractivity contribution is -0.139. The molecular formula is C37H55N7O5. The molecule has 2 aromatic rings. The first kappa shape index (κ1) is 39.3. The van der Waals surface area contributed by atoms with Crippen molar-refractivity contribution in [2.75, 3.05) is 32.7 Å². The van der Waals surface area contributed by atoms with Gasteiger partial charge in [0.25, 0.3) is 0 Å². The van der Waals surface area contributed by atoms with Gasteiger partial charge >= 0.3 is 0 Å².